The number of hydrogen-bond acceptors (Lipinski definition) is 8. The lowest BCUT2D eigenvalue weighted by Gasteiger charge is -2.38. The van der Waals surface area contributed by atoms with Crippen LogP contribution in [0.15, 0.2) is 0 Å². The summed E-state index contributed by atoms with van der Waals surface area (Å²) in [4.78, 5) is 24.2. The van der Waals surface area contributed by atoms with Crippen molar-refractivity contribution < 1.29 is 39.5 Å². The summed E-state index contributed by atoms with van der Waals surface area (Å²) in [5.74, 6) is 1.76. The summed E-state index contributed by atoms with van der Waals surface area (Å²) in [5.41, 5.74) is 6.24. The number of aromatic hydroxyl groups is 2. The highest BCUT2D eigenvalue weighted by atomic mass is 32.2. The van der Waals surface area contributed by atoms with Gasteiger partial charge in [-0.25, -0.2) is 0 Å². The van der Waals surface area contributed by atoms with E-state index in [-0.39, 0.29) is 30.5 Å². The first-order valence-electron chi connectivity index (χ1n) is 16.7. The number of fused-ring (bicyclic) bond motifs is 2. The predicted molar refractivity (Wildman–Crippen MR) is 190 cm³/mol. The average molecular weight is 689 g/mol. The standard InChI is InChI=1S/C37H52O8S2/c1-19-21(3)34-29(23(5)32(19)40)15-27(25(7)44-34)9-12-37(36(42)43,17-47-18-46-14-11-31(38)39)13-10-28-16-30-24(6)33(41)20(2)22(4)35(30)45-26(28)8/h25-28,40-41H,9-18H2,1-8H3,(H,38,39)(H,42,43). The first kappa shape index (κ1) is 37.1. The molecule has 0 spiro atoms. The quantitative estimate of drug-likeness (QED) is 0.114. The fourth-order valence-electron chi connectivity index (χ4n) is 7.22. The number of aliphatic carboxylic acids is 2. The van der Waals surface area contributed by atoms with Crippen LogP contribution in [0.5, 0.6) is 23.0 Å². The first-order chi connectivity index (χ1) is 22.1. The van der Waals surface area contributed by atoms with Gasteiger partial charge in [-0.05, 0) is 139 Å². The molecule has 8 nitrogen and oxygen atoms in total. The van der Waals surface area contributed by atoms with Gasteiger partial charge in [-0.3, -0.25) is 9.59 Å². The van der Waals surface area contributed by atoms with Gasteiger partial charge in [0.1, 0.15) is 23.0 Å². The van der Waals surface area contributed by atoms with Gasteiger partial charge in [0.2, 0.25) is 0 Å². The van der Waals surface area contributed by atoms with E-state index in [0.29, 0.717) is 53.8 Å². The van der Waals surface area contributed by atoms with Crippen LogP contribution >= 0.6 is 23.5 Å². The molecule has 47 heavy (non-hydrogen) atoms. The smallest absolute Gasteiger partial charge is 0.310 e. The Hall–Kier alpha value is -2.72. The van der Waals surface area contributed by atoms with Crippen LogP contribution in [0.1, 0.15) is 90.5 Å². The van der Waals surface area contributed by atoms with E-state index in [0.717, 1.165) is 68.8 Å². The molecule has 0 saturated carbocycles. The van der Waals surface area contributed by atoms with Gasteiger partial charge >= 0.3 is 11.9 Å². The van der Waals surface area contributed by atoms with Crippen LogP contribution in [0.2, 0.25) is 0 Å². The van der Waals surface area contributed by atoms with Gasteiger partial charge in [0.05, 0.1) is 24.0 Å². The van der Waals surface area contributed by atoms with Crippen LogP contribution in [0.25, 0.3) is 0 Å². The SMILES string of the molecule is Cc1c(C)c2c(c(C)c1O)CC(CCC(CCC1Cc3c(C)c(O)c(C)c(C)c3OC1C)(CSCSCCC(=O)O)C(=O)O)C(C)O2. The molecule has 2 aliphatic heterocycles. The molecule has 4 rings (SSSR count). The zero-order valence-corrected chi connectivity index (χ0v) is 30.8. The molecule has 0 radical (unpaired) electrons. The Kier molecular flexibility index (Phi) is 12.0. The van der Waals surface area contributed by atoms with Gasteiger partial charge in [-0.15, -0.1) is 11.8 Å². The van der Waals surface area contributed by atoms with Gasteiger partial charge in [-0.2, -0.15) is 11.8 Å². The van der Waals surface area contributed by atoms with E-state index in [1.807, 2.05) is 41.5 Å². The maximum atomic E-state index is 13.3. The van der Waals surface area contributed by atoms with Gasteiger partial charge in [0, 0.05) is 27.7 Å². The van der Waals surface area contributed by atoms with E-state index in [2.05, 4.69) is 13.8 Å². The molecule has 0 saturated heterocycles. The molecule has 0 fully saturated rings. The number of ether oxygens (including phenoxy) is 2. The summed E-state index contributed by atoms with van der Waals surface area (Å²) in [5, 5.41) is 42.0. The van der Waals surface area contributed by atoms with Crippen LogP contribution < -0.4 is 9.47 Å². The molecule has 0 amide bonds. The highest BCUT2D eigenvalue weighted by Gasteiger charge is 2.42. The predicted octanol–water partition coefficient (Wildman–Crippen LogP) is 8.06. The van der Waals surface area contributed by atoms with Crippen LogP contribution in [-0.4, -0.2) is 61.2 Å². The maximum Gasteiger partial charge on any atom is 0.310 e. The second-order valence-electron chi connectivity index (χ2n) is 13.8. The molecule has 2 aliphatic rings. The zero-order chi connectivity index (χ0) is 34.8. The van der Waals surface area contributed by atoms with Crippen LogP contribution in [0.4, 0.5) is 0 Å². The van der Waals surface area contributed by atoms with Crippen molar-refractivity contribution in [3.63, 3.8) is 0 Å². The van der Waals surface area contributed by atoms with E-state index < -0.39 is 17.4 Å². The third-order valence-electron chi connectivity index (χ3n) is 11.0. The number of rotatable bonds is 14. The number of carboxylic acid groups (broad SMARTS) is 2. The fourth-order valence-corrected chi connectivity index (χ4v) is 9.62. The average Bonchev–Trinajstić information content (AvgIpc) is 3.03. The molecule has 2 heterocycles. The van der Waals surface area contributed by atoms with Gasteiger partial charge < -0.3 is 29.9 Å². The number of thioether (sulfide) groups is 2. The number of hydrogen-bond donors (Lipinski definition) is 4. The van der Waals surface area contributed by atoms with Crippen molar-refractivity contribution >= 4 is 35.5 Å². The Morgan fingerprint density at radius 1 is 0.723 bits per heavy atom. The van der Waals surface area contributed by atoms with Crippen LogP contribution in [0.3, 0.4) is 0 Å². The highest BCUT2D eigenvalue weighted by Crippen LogP contribution is 2.47. The lowest BCUT2D eigenvalue weighted by Crippen LogP contribution is -2.39. The summed E-state index contributed by atoms with van der Waals surface area (Å²) >= 11 is 3.09. The van der Waals surface area contributed by atoms with Gasteiger partial charge in [0.15, 0.2) is 0 Å². The Morgan fingerprint density at radius 3 is 1.57 bits per heavy atom. The summed E-state index contributed by atoms with van der Waals surface area (Å²) in [6.07, 6.45) is 3.62. The summed E-state index contributed by atoms with van der Waals surface area (Å²) in [6, 6.07) is 0. The fraction of sp³-hybridized carbons (Fsp3) is 0.622. The van der Waals surface area contributed by atoms with Crippen LogP contribution in [0, 0.1) is 58.8 Å². The van der Waals surface area contributed by atoms with E-state index in [4.69, 9.17) is 14.6 Å². The minimum absolute atomic E-state index is 0.0827. The third kappa shape index (κ3) is 7.79. The molecule has 0 aliphatic carbocycles. The van der Waals surface area contributed by atoms with E-state index in [9.17, 15) is 24.9 Å². The summed E-state index contributed by atoms with van der Waals surface area (Å²) < 4.78 is 12.9. The van der Waals surface area contributed by atoms with Crippen molar-refractivity contribution in [1.82, 2.24) is 0 Å². The number of phenols is 2. The van der Waals surface area contributed by atoms with Crippen molar-refractivity contribution in [3.8, 4) is 23.0 Å². The Bertz CT molecular complexity index is 1410. The molecule has 2 aromatic rings. The number of benzene rings is 2. The van der Waals surface area contributed by atoms with Crippen molar-refractivity contribution in [2.45, 2.75) is 113 Å². The minimum atomic E-state index is -0.987. The van der Waals surface area contributed by atoms with E-state index >= 15 is 0 Å². The van der Waals surface area contributed by atoms with Gasteiger partial charge in [-0.1, -0.05) is 0 Å². The minimum Gasteiger partial charge on any atom is -0.507 e. The van der Waals surface area contributed by atoms with Crippen molar-refractivity contribution in [3.05, 3.63) is 44.5 Å². The van der Waals surface area contributed by atoms with Crippen molar-refractivity contribution in [2.24, 2.45) is 17.3 Å². The number of carbonyl (C=O) groups is 2. The van der Waals surface area contributed by atoms with Crippen LogP contribution in [-0.2, 0) is 22.4 Å². The van der Waals surface area contributed by atoms with Crippen molar-refractivity contribution in [2.75, 3.05) is 16.6 Å². The molecule has 0 aromatic heterocycles. The maximum absolute atomic E-state index is 13.3. The van der Waals surface area contributed by atoms with Crippen molar-refractivity contribution in [1.29, 1.82) is 0 Å². The summed E-state index contributed by atoms with van der Waals surface area (Å²) in [6.45, 7) is 15.7. The summed E-state index contributed by atoms with van der Waals surface area (Å²) in [7, 11) is 0. The van der Waals surface area contributed by atoms with E-state index in [1.165, 1.54) is 11.8 Å². The number of phenolic OH excluding ortho intramolecular Hbond substituents is 2. The largest absolute Gasteiger partial charge is 0.507 e. The van der Waals surface area contributed by atoms with E-state index in [1.54, 1.807) is 11.8 Å². The zero-order valence-electron chi connectivity index (χ0n) is 29.1. The monoisotopic (exact) mass is 688 g/mol. The topological polar surface area (TPSA) is 134 Å². The molecule has 4 atom stereocenters. The molecule has 4 unspecified atom stereocenters. The Labute approximate surface area is 288 Å². The molecule has 2 aromatic carbocycles. The first-order valence-corrected chi connectivity index (χ1v) is 19.0. The Balaban J connectivity index is 1.55. The Morgan fingerprint density at radius 2 is 1.17 bits per heavy atom. The molecule has 260 valence electrons. The molecule has 0 bridgehead atoms. The lowest BCUT2D eigenvalue weighted by molar-refractivity contribution is -0.149. The van der Waals surface area contributed by atoms with Gasteiger partial charge in [0.25, 0.3) is 0 Å². The second kappa shape index (κ2) is 15.2. The second-order valence-corrected chi connectivity index (χ2v) is 16.3. The molecule has 10 heteroatoms. The lowest BCUT2D eigenvalue weighted by atomic mass is 9.73. The molecular weight excluding hydrogens is 637 g/mol. The highest BCUT2D eigenvalue weighted by molar-refractivity contribution is 8.16. The molecular formula is C37H52O8S2. The normalized spacial score (nSPS) is 21.6. The molecule has 4 N–H and O–H groups in total. The third-order valence-corrected chi connectivity index (χ3v) is 13.6. The number of carboxylic acids is 2.